The molecule has 0 fully saturated rings. The highest BCUT2D eigenvalue weighted by Gasteiger charge is 2.34. The lowest BCUT2D eigenvalue weighted by Gasteiger charge is -2.30. The average molecular weight is 532 g/mol. The number of carboxylic acid groups (broad SMARTS) is 1. The molecule has 0 bridgehead atoms. The SMILES string of the molecule is COc1ccc(C(Cl)(c2ccc(OC)cc2)c2ccc(C(CC(=O)O)c3ccc([N+](=O)[O-])cc3)cc2)cc1. The van der Waals surface area contributed by atoms with Gasteiger partial charge in [-0.1, -0.05) is 60.7 Å². The Hall–Kier alpha value is -4.36. The van der Waals surface area contributed by atoms with E-state index in [1.807, 2.05) is 72.8 Å². The van der Waals surface area contributed by atoms with Gasteiger partial charge in [0.15, 0.2) is 0 Å². The number of methoxy groups -OCH3 is 2. The molecule has 0 saturated carbocycles. The number of ether oxygens (including phenoxy) is 2. The third-order valence-electron chi connectivity index (χ3n) is 6.57. The van der Waals surface area contributed by atoms with Gasteiger partial charge in [-0.15, -0.1) is 11.6 Å². The molecule has 0 aromatic heterocycles. The molecule has 4 aromatic carbocycles. The lowest BCUT2D eigenvalue weighted by Crippen LogP contribution is -2.22. The monoisotopic (exact) mass is 531 g/mol. The Morgan fingerprint density at radius 3 is 1.50 bits per heavy atom. The number of hydrogen-bond donors (Lipinski definition) is 1. The molecule has 0 heterocycles. The number of hydrogen-bond acceptors (Lipinski definition) is 5. The highest BCUT2D eigenvalue weighted by atomic mass is 35.5. The lowest BCUT2D eigenvalue weighted by molar-refractivity contribution is -0.384. The minimum absolute atomic E-state index is 0.0518. The van der Waals surface area contributed by atoms with Crippen molar-refractivity contribution in [3.05, 3.63) is 135 Å². The van der Waals surface area contributed by atoms with E-state index in [9.17, 15) is 20.0 Å². The van der Waals surface area contributed by atoms with Gasteiger partial charge in [0.05, 0.1) is 25.6 Å². The van der Waals surface area contributed by atoms with Crippen LogP contribution in [0.1, 0.15) is 40.2 Å². The summed E-state index contributed by atoms with van der Waals surface area (Å²) >= 11 is 7.45. The van der Waals surface area contributed by atoms with Gasteiger partial charge in [0, 0.05) is 18.1 Å². The Morgan fingerprint density at radius 2 is 1.16 bits per heavy atom. The fourth-order valence-electron chi connectivity index (χ4n) is 4.52. The van der Waals surface area contributed by atoms with Crippen LogP contribution in [0, 0.1) is 10.1 Å². The number of carboxylic acids is 1. The van der Waals surface area contributed by atoms with E-state index in [0.717, 1.165) is 22.3 Å². The van der Waals surface area contributed by atoms with Crippen LogP contribution in [0.4, 0.5) is 5.69 Å². The van der Waals surface area contributed by atoms with Crippen molar-refractivity contribution in [1.82, 2.24) is 0 Å². The van der Waals surface area contributed by atoms with Gasteiger partial charge in [0.1, 0.15) is 16.4 Å². The predicted molar refractivity (Wildman–Crippen MR) is 145 cm³/mol. The van der Waals surface area contributed by atoms with E-state index in [1.165, 1.54) is 12.1 Å². The molecule has 0 spiro atoms. The van der Waals surface area contributed by atoms with Crippen LogP contribution in [-0.4, -0.2) is 30.2 Å². The van der Waals surface area contributed by atoms with E-state index in [2.05, 4.69) is 0 Å². The average Bonchev–Trinajstić information content (AvgIpc) is 2.95. The molecule has 0 aliphatic heterocycles. The molecule has 0 aliphatic carbocycles. The van der Waals surface area contributed by atoms with Crippen molar-refractivity contribution in [2.75, 3.05) is 14.2 Å². The van der Waals surface area contributed by atoms with Crippen molar-refractivity contribution in [1.29, 1.82) is 0 Å². The van der Waals surface area contributed by atoms with E-state index in [1.54, 1.807) is 26.4 Å². The van der Waals surface area contributed by atoms with Crippen LogP contribution in [0.5, 0.6) is 11.5 Å². The number of nitro benzene ring substituents is 1. The van der Waals surface area contributed by atoms with Crippen molar-refractivity contribution in [3.8, 4) is 11.5 Å². The standard InChI is InChI=1S/C30H26ClNO6/c1-37-26-15-9-23(10-16-26)30(31,24-11-17-27(38-2)18-12-24)22-7-3-20(4-8-22)28(19-29(33)34)21-5-13-25(14-6-21)32(35)36/h3-18,28H,19H2,1-2H3,(H,33,34). The minimum Gasteiger partial charge on any atom is -0.497 e. The molecular formula is C30H26ClNO6. The zero-order chi connectivity index (χ0) is 27.3. The fraction of sp³-hybridized carbons (Fsp3) is 0.167. The van der Waals surface area contributed by atoms with Crippen molar-refractivity contribution < 1.29 is 24.3 Å². The quantitative estimate of drug-likeness (QED) is 0.105. The Balaban J connectivity index is 1.77. The Morgan fingerprint density at radius 1 is 0.789 bits per heavy atom. The van der Waals surface area contributed by atoms with Crippen LogP contribution in [-0.2, 0) is 9.67 Å². The zero-order valence-electron chi connectivity index (χ0n) is 20.8. The molecule has 0 amide bonds. The number of non-ortho nitro benzene ring substituents is 1. The normalized spacial score (nSPS) is 12.0. The van der Waals surface area contributed by atoms with E-state index >= 15 is 0 Å². The summed E-state index contributed by atoms with van der Waals surface area (Å²) in [5, 5.41) is 20.6. The maximum absolute atomic E-state index is 11.7. The molecule has 7 nitrogen and oxygen atoms in total. The number of benzene rings is 4. The first kappa shape index (κ1) is 26.7. The van der Waals surface area contributed by atoms with Gasteiger partial charge >= 0.3 is 5.97 Å². The Bertz CT molecular complexity index is 1350. The summed E-state index contributed by atoms with van der Waals surface area (Å²) in [5.74, 6) is -0.0513. The van der Waals surface area contributed by atoms with Gasteiger partial charge in [0.25, 0.3) is 5.69 Å². The number of halogens is 1. The summed E-state index contributed by atoms with van der Waals surface area (Å²) in [6.45, 7) is 0. The molecule has 0 saturated heterocycles. The second-order valence-corrected chi connectivity index (χ2v) is 9.30. The molecule has 1 unspecified atom stereocenters. The first-order valence-electron chi connectivity index (χ1n) is 11.8. The maximum atomic E-state index is 11.7. The first-order chi connectivity index (χ1) is 18.3. The predicted octanol–water partition coefficient (Wildman–Crippen LogP) is 6.75. The number of aliphatic carboxylic acids is 1. The van der Waals surface area contributed by atoms with E-state index in [0.29, 0.717) is 17.1 Å². The van der Waals surface area contributed by atoms with Crippen molar-refractivity contribution in [2.45, 2.75) is 17.2 Å². The molecule has 0 aliphatic rings. The number of nitrogens with zero attached hydrogens (tertiary/aromatic N) is 1. The van der Waals surface area contributed by atoms with Gasteiger partial charge < -0.3 is 14.6 Å². The molecule has 4 aromatic rings. The van der Waals surface area contributed by atoms with Gasteiger partial charge in [-0.25, -0.2) is 0 Å². The van der Waals surface area contributed by atoms with E-state index in [-0.39, 0.29) is 12.1 Å². The molecule has 4 rings (SSSR count). The third kappa shape index (κ3) is 5.48. The van der Waals surface area contributed by atoms with Gasteiger partial charge in [-0.2, -0.15) is 0 Å². The number of carbonyl (C=O) groups is 1. The van der Waals surface area contributed by atoms with E-state index < -0.39 is 21.7 Å². The van der Waals surface area contributed by atoms with Crippen LogP contribution >= 0.6 is 11.6 Å². The molecule has 1 atom stereocenters. The maximum Gasteiger partial charge on any atom is 0.304 e. The topological polar surface area (TPSA) is 98.9 Å². The van der Waals surface area contributed by atoms with Crippen LogP contribution < -0.4 is 9.47 Å². The highest BCUT2D eigenvalue weighted by molar-refractivity contribution is 6.28. The van der Waals surface area contributed by atoms with Crippen molar-refractivity contribution in [2.24, 2.45) is 0 Å². The minimum atomic E-state index is -1.05. The Labute approximate surface area is 225 Å². The van der Waals surface area contributed by atoms with Crippen molar-refractivity contribution >= 4 is 23.3 Å². The summed E-state index contributed by atoms with van der Waals surface area (Å²) in [7, 11) is 3.20. The molecular weight excluding hydrogens is 506 g/mol. The number of nitro groups is 1. The van der Waals surface area contributed by atoms with Crippen LogP contribution in [0.3, 0.4) is 0 Å². The second kappa shape index (κ2) is 11.4. The fourth-order valence-corrected chi connectivity index (χ4v) is 4.90. The molecule has 0 radical (unpaired) electrons. The summed E-state index contributed by atoms with van der Waals surface area (Å²) < 4.78 is 10.6. The molecule has 194 valence electrons. The summed E-state index contributed by atoms with van der Waals surface area (Å²) in [6, 6.07) is 28.5. The van der Waals surface area contributed by atoms with Crippen LogP contribution in [0.2, 0.25) is 0 Å². The zero-order valence-corrected chi connectivity index (χ0v) is 21.6. The molecule has 1 N–H and O–H groups in total. The first-order valence-corrected chi connectivity index (χ1v) is 12.2. The van der Waals surface area contributed by atoms with Gasteiger partial charge in [-0.05, 0) is 52.1 Å². The largest absolute Gasteiger partial charge is 0.497 e. The van der Waals surface area contributed by atoms with Gasteiger partial charge in [-0.3, -0.25) is 14.9 Å². The Kier molecular flexibility index (Phi) is 7.98. The third-order valence-corrected chi connectivity index (χ3v) is 7.23. The molecule has 38 heavy (non-hydrogen) atoms. The number of rotatable bonds is 10. The summed E-state index contributed by atoms with van der Waals surface area (Å²) in [6.07, 6.45) is -0.167. The smallest absolute Gasteiger partial charge is 0.304 e. The van der Waals surface area contributed by atoms with E-state index in [4.69, 9.17) is 21.1 Å². The van der Waals surface area contributed by atoms with Crippen LogP contribution in [0.25, 0.3) is 0 Å². The highest BCUT2D eigenvalue weighted by Crippen LogP contribution is 2.44. The summed E-state index contributed by atoms with van der Waals surface area (Å²) in [4.78, 5) is 21.2. The van der Waals surface area contributed by atoms with Gasteiger partial charge in [0.2, 0.25) is 0 Å². The molecule has 8 heteroatoms. The van der Waals surface area contributed by atoms with Crippen molar-refractivity contribution in [3.63, 3.8) is 0 Å². The second-order valence-electron chi connectivity index (χ2n) is 8.74. The summed E-state index contributed by atoms with van der Waals surface area (Å²) in [5.41, 5.74) is 3.83. The lowest BCUT2D eigenvalue weighted by atomic mass is 9.82. The number of alkyl halides is 1. The van der Waals surface area contributed by atoms with Crippen LogP contribution in [0.15, 0.2) is 97.1 Å².